The van der Waals surface area contributed by atoms with E-state index in [1.807, 2.05) is 18.2 Å². The monoisotopic (exact) mass is 383 g/mol. The molecule has 0 aliphatic carbocycles. The van der Waals surface area contributed by atoms with Crippen molar-refractivity contribution in [3.05, 3.63) is 39.5 Å². The number of nitrogens with one attached hydrogen (secondary N) is 1. The zero-order valence-corrected chi connectivity index (χ0v) is 15.8. The summed E-state index contributed by atoms with van der Waals surface area (Å²) in [7, 11) is 0. The van der Waals surface area contributed by atoms with Crippen LogP contribution in [0, 0.1) is 0 Å². The van der Waals surface area contributed by atoms with Crippen LogP contribution in [-0.2, 0) is 12.8 Å². The molecule has 1 aromatic heterocycles. The van der Waals surface area contributed by atoms with Gasteiger partial charge in [0.05, 0.1) is 12.3 Å². The maximum absolute atomic E-state index is 6.23. The largest absolute Gasteiger partial charge is 0.488 e. The Balaban J connectivity index is 1.75. The molecule has 0 radical (unpaired) electrons. The van der Waals surface area contributed by atoms with Gasteiger partial charge in [0.2, 0.25) is 0 Å². The van der Waals surface area contributed by atoms with Crippen molar-refractivity contribution in [2.75, 3.05) is 24.2 Å². The highest BCUT2D eigenvalue weighted by molar-refractivity contribution is 7.99. The lowest BCUT2D eigenvalue weighted by molar-refractivity contribution is 0.283. The highest BCUT2D eigenvalue weighted by Crippen LogP contribution is 2.32. The van der Waals surface area contributed by atoms with E-state index < -0.39 is 0 Å². The van der Waals surface area contributed by atoms with Gasteiger partial charge in [-0.2, -0.15) is 0 Å². The van der Waals surface area contributed by atoms with Crippen molar-refractivity contribution in [3.63, 3.8) is 0 Å². The Morgan fingerprint density at radius 3 is 2.79 bits per heavy atom. The number of halogens is 2. The molecule has 1 aliphatic heterocycles. The maximum atomic E-state index is 6.23. The van der Waals surface area contributed by atoms with E-state index in [0.29, 0.717) is 29.6 Å². The molecule has 0 spiro atoms. The smallest absolute Gasteiger partial charge is 0.190 e. The minimum atomic E-state index is 0.673. The molecule has 4 nitrogen and oxygen atoms in total. The highest BCUT2D eigenvalue weighted by Gasteiger charge is 2.19. The Kier molecular flexibility index (Phi) is 6.09. The second-order valence-electron chi connectivity index (χ2n) is 5.39. The lowest BCUT2D eigenvalue weighted by atomic mass is 10.1. The van der Waals surface area contributed by atoms with E-state index in [1.165, 1.54) is 0 Å². The van der Waals surface area contributed by atoms with Gasteiger partial charge in [-0.25, -0.2) is 9.97 Å². The Hall–Kier alpha value is -1.17. The minimum Gasteiger partial charge on any atom is -0.488 e. The molecule has 0 bridgehead atoms. The number of nitrogens with zero attached hydrogens (tertiary/aromatic N) is 2. The predicted molar refractivity (Wildman–Crippen MR) is 101 cm³/mol. The number of hydrogen-bond donors (Lipinski definition) is 1. The summed E-state index contributed by atoms with van der Waals surface area (Å²) in [5.74, 6) is 2.49. The van der Waals surface area contributed by atoms with Gasteiger partial charge in [-0.1, -0.05) is 48.0 Å². The third-order valence-corrected chi connectivity index (χ3v) is 5.16. The first-order valence-corrected chi connectivity index (χ1v) is 9.76. The lowest BCUT2D eigenvalue weighted by Crippen LogP contribution is -2.16. The van der Waals surface area contributed by atoms with E-state index in [0.717, 1.165) is 46.6 Å². The van der Waals surface area contributed by atoms with Gasteiger partial charge in [0.25, 0.3) is 0 Å². The highest BCUT2D eigenvalue weighted by atomic mass is 35.5. The van der Waals surface area contributed by atoms with Crippen LogP contribution in [0.3, 0.4) is 0 Å². The first-order chi connectivity index (χ1) is 11.7. The molecule has 2 heterocycles. The molecule has 0 saturated carbocycles. The summed E-state index contributed by atoms with van der Waals surface area (Å²) in [5, 5.41) is 5.53. The van der Waals surface area contributed by atoms with Crippen LogP contribution < -0.4 is 10.1 Å². The molecule has 24 heavy (non-hydrogen) atoms. The van der Waals surface area contributed by atoms with Crippen LogP contribution in [0.5, 0.6) is 5.75 Å². The van der Waals surface area contributed by atoms with Gasteiger partial charge in [0.1, 0.15) is 0 Å². The van der Waals surface area contributed by atoms with E-state index in [2.05, 4.69) is 22.2 Å². The number of aromatic nitrogens is 2. The van der Waals surface area contributed by atoms with Crippen molar-refractivity contribution >= 4 is 40.8 Å². The van der Waals surface area contributed by atoms with E-state index in [4.69, 9.17) is 27.9 Å². The molecule has 3 rings (SSSR count). The number of hydrogen-bond acceptors (Lipinski definition) is 5. The molecule has 2 aromatic rings. The Labute approximate surface area is 156 Å². The topological polar surface area (TPSA) is 47.0 Å². The SMILES string of the molecule is CCSc1nc2c(c(NCCc3c(Cl)cccc3Cl)n1)OCCC2. The van der Waals surface area contributed by atoms with Crippen molar-refractivity contribution in [2.24, 2.45) is 0 Å². The molecule has 128 valence electrons. The van der Waals surface area contributed by atoms with Crippen LogP contribution in [0.15, 0.2) is 23.4 Å². The fourth-order valence-corrected chi connectivity index (χ4v) is 3.77. The number of rotatable bonds is 6. The maximum Gasteiger partial charge on any atom is 0.190 e. The Morgan fingerprint density at radius 1 is 1.25 bits per heavy atom. The zero-order chi connectivity index (χ0) is 16.9. The van der Waals surface area contributed by atoms with Crippen LogP contribution in [-0.4, -0.2) is 28.9 Å². The fourth-order valence-electron chi connectivity index (χ4n) is 2.60. The summed E-state index contributed by atoms with van der Waals surface area (Å²) in [4.78, 5) is 9.20. The average molecular weight is 384 g/mol. The molecular formula is C17H19Cl2N3OS. The second-order valence-corrected chi connectivity index (χ2v) is 7.44. The van der Waals surface area contributed by atoms with Gasteiger partial charge < -0.3 is 10.1 Å². The molecule has 0 unspecified atom stereocenters. The van der Waals surface area contributed by atoms with Crippen LogP contribution in [0.4, 0.5) is 5.82 Å². The molecule has 1 N–H and O–H groups in total. The summed E-state index contributed by atoms with van der Waals surface area (Å²) < 4.78 is 5.79. The number of benzene rings is 1. The van der Waals surface area contributed by atoms with E-state index in [9.17, 15) is 0 Å². The van der Waals surface area contributed by atoms with Crippen LogP contribution in [0.25, 0.3) is 0 Å². The summed E-state index contributed by atoms with van der Waals surface area (Å²) in [5.41, 5.74) is 1.94. The van der Waals surface area contributed by atoms with Crippen molar-refractivity contribution in [2.45, 2.75) is 31.3 Å². The molecule has 7 heteroatoms. The average Bonchev–Trinajstić information content (AvgIpc) is 2.58. The van der Waals surface area contributed by atoms with Crippen molar-refractivity contribution < 1.29 is 4.74 Å². The fraction of sp³-hybridized carbons (Fsp3) is 0.412. The number of anilines is 1. The van der Waals surface area contributed by atoms with Gasteiger partial charge in [-0.3, -0.25) is 0 Å². The van der Waals surface area contributed by atoms with E-state index in [1.54, 1.807) is 11.8 Å². The molecule has 0 fully saturated rings. The molecular weight excluding hydrogens is 365 g/mol. The quantitative estimate of drug-likeness (QED) is 0.569. The lowest BCUT2D eigenvalue weighted by Gasteiger charge is -2.20. The number of thioether (sulfide) groups is 1. The number of fused-ring (bicyclic) bond motifs is 1. The van der Waals surface area contributed by atoms with Gasteiger partial charge in [0, 0.05) is 16.6 Å². The summed E-state index contributed by atoms with van der Waals surface area (Å²) >= 11 is 14.1. The molecule has 1 aliphatic rings. The minimum absolute atomic E-state index is 0.673. The first kappa shape index (κ1) is 17.6. The summed E-state index contributed by atoms with van der Waals surface area (Å²) in [6, 6.07) is 5.56. The molecule has 0 atom stereocenters. The van der Waals surface area contributed by atoms with Crippen molar-refractivity contribution in [1.29, 1.82) is 0 Å². The zero-order valence-electron chi connectivity index (χ0n) is 13.4. The van der Waals surface area contributed by atoms with Crippen LogP contribution >= 0.6 is 35.0 Å². The van der Waals surface area contributed by atoms with Crippen LogP contribution in [0.1, 0.15) is 24.6 Å². The normalized spacial score (nSPS) is 13.3. The third-order valence-electron chi connectivity index (χ3n) is 3.72. The molecule has 1 aromatic carbocycles. The summed E-state index contributed by atoms with van der Waals surface area (Å²) in [6.07, 6.45) is 2.64. The van der Waals surface area contributed by atoms with E-state index in [-0.39, 0.29) is 0 Å². The van der Waals surface area contributed by atoms with Gasteiger partial charge in [-0.05, 0) is 42.7 Å². The molecule has 0 amide bonds. The molecule has 0 saturated heterocycles. The Morgan fingerprint density at radius 2 is 2.04 bits per heavy atom. The third kappa shape index (κ3) is 4.08. The number of ether oxygens (including phenoxy) is 1. The van der Waals surface area contributed by atoms with E-state index >= 15 is 0 Å². The number of aryl methyl sites for hydroxylation is 1. The van der Waals surface area contributed by atoms with Gasteiger partial charge >= 0.3 is 0 Å². The van der Waals surface area contributed by atoms with Crippen molar-refractivity contribution in [3.8, 4) is 5.75 Å². The predicted octanol–water partition coefficient (Wildman–Crippen LogP) is 4.88. The second kappa shape index (κ2) is 8.28. The first-order valence-electron chi connectivity index (χ1n) is 8.02. The summed E-state index contributed by atoms with van der Waals surface area (Å²) in [6.45, 7) is 3.48. The van der Waals surface area contributed by atoms with Gasteiger partial charge in [-0.15, -0.1) is 0 Å². The van der Waals surface area contributed by atoms with Crippen molar-refractivity contribution in [1.82, 2.24) is 9.97 Å². The Bertz CT molecular complexity index is 707. The van der Waals surface area contributed by atoms with Gasteiger partial charge in [0.15, 0.2) is 16.7 Å². The van der Waals surface area contributed by atoms with Crippen LogP contribution in [0.2, 0.25) is 10.0 Å². The standard InChI is InChI=1S/C17H19Cl2N3OS/c1-2-24-17-21-14-7-4-10-23-15(14)16(22-17)20-9-8-11-12(18)5-3-6-13(11)19/h3,5-6H,2,4,7-10H2,1H3,(H,20,21,22).